The number of hydrogen-bond acceptors (Lipinski definition) is 5. The molecule has 1 amide bonds. The Morgan fingerprint density at radius 2 is 2.10 bits per heavy atom. The molecular formula is C13H13N7O. The second-order valence-electron chi connectivity index (χ2n) is 4.48. The van der Waals surface area contributed by atoms with Gasteiger partial charge in [0.1, 0.15) is 5.82 Å². The minimum atomic E-state index is -0.190. The maximum atomic E-state index is 12.1. The first-order valence-corrected chi connectivity index (χ1v) is 6.38. The third-order valence-electron chi connectivity index (χ3n) is 3.03. The third kappa shape index (κ3) is 2.78. The highest BCUT2D eigenvalue weighted by Crippen LogP contribution is 2.14. The Labute approximate surface area is 120 Å². The highest BCUT2D eigenvalue weighted by atomic mass is 16.1. The van der Waals surface area contributed by atoms with Gasteiger partial charge in [-0.15, -0.1) is 10.2 Å². The van der Waals surface area contributed by atoms with E-state index < -0.39 is 0 Å². The van der Waals surface area contributed by atoms with E-state index in [1.807, 2.05) is 6.92 Å². The normalized spacial score (nSPS) is 12.0. The molecule has 2 heterocycles. The van der Waals surface area contributed by atoms with Gasteiger partial charge < -0.3 is 10.3 Å². The standard InChI is InChI=1S/C13H13N7O/c1-8(11-14-6-7-15-11)16-13(21)10-4-2-9(3-5-10)12-17-19-20-18-12/h2-8H,1H3,(H,14,15)(H,16,21)(H,17,18,19,20). The molecule has 0 radical (unpaired) electrons. The van der Waals surface area contributed by atoms with E-state index in [0.717, 1.165) is 5.56 Å². The fourth-order valence-corrected chi connectivity index (χ4v) is 1.92. The molecule has 0 saturated carbocycles. The van der Waals surface area contributed by atoms with Crippen molar-refractivity contribution in [3.63, 3.8) is 0 Å². The number of amides is 1. The fourth-order valence-electron chi connectivity index (χ4n) is 1.92. The molecule has 8 nitrogen and oxygen atoms in total. The van der Waals surface area contributed by atoms with Crippen molar-refractivity contribution in [3.8, 4) is 11.4 Å². The molecule has 0 aliphatic rings. The van der Waals surface area contributed by atoms with E-state index in [1.54, 1.807) is 36.7 Å². The van der Waals surface area contributed by atoms with Gasteiger partial charge in [-0.3, -0.25) is 4.79 Å². The van der Waals surface area contributed by atoms with Crippen molar-refractivity contribution in [1.29, 1.82) is 0 Å². The van der Waals surface area contributed by atoms with Gasteiger partial charge >= 0.3 is 0 Å². The van der Waals surface area contributed by atoms with E-state index in [9.17, 15) is 4.79 Å². The average molecular weight is 283 g/mol. The molecule has 2 aromatic heterocycles. The van der Waals surface area contributed by atoms with Crippen LogP contribution in [-0.4, -0.2) is 36.5 Å². The Balaban J connectivity index is 1.70. The first kappa shape index (κ1) is 13.0. The van der Waals surface area contributed by atoms with Crippen LogP contribution in [0.3, 0.4) is 0 Å². The summed E-state index contributed by atoms with van der Waals surface area (Å²) < 4.78 is 0. The van der Waals surface area contributed by atoms with E-state index in [2.05, 4.69) is 35.9 Å². The highest BCUT2D eigenvalue weighted by molar-refractivity contribution is 5.94. The monoisotopic (exact) mass is 283 g/mol. The number of carbonyl (C=O) groups excluding carboxylic acids is 1. The number of nitrogens with zero attached hydrogens (tertiary/aromatic N) is 4. The summed E-state index contributed by atoms with van der Waals surface area (Å²) >= 11 is 0. The quantitative estimate of drug-likeness (QED) is 0.663. The van der Waals surface area contributed by atoms with Crippen LogP contribution in [0.25, 0.3) is 11.4 Å². The predicted octanol–water partition coefficient (Wildman–Crippen LogP) is 1.08. The van der Waals surface area contributed by atoms with Crippen molar-refractivity contribution in [2.75, 3.05) is 0 Å². The lowest BCUT2D eigenvalue weighted by Crippen LogP contribution is -2.27. The first-order chi connectivity index (χ1) is 10.2. The molecule has 0 fully saturated rings. The summed E-state index contributed by atoms with van der Waals surface area (Å²) in [5.74, 6) is 1.04. The second kappa shape index (κ2) is 5.53. The van der Waals surface area contributed by atoms with Crippen molar-refractivity contribution in [2.24, 2.45) is 0 Å². The molecular weight excluding hydrogens is 270 g/mol. The van der Waals surface area contributed by atoms with Gasteiger partial charge in [0, 0.05) is 23.5 Å². The van der Waals surface area contributed by atoms with Crippen molar-refractivity contribution in [3.05, 3.63) is 48.0 Å². The van der Waals surface area contributed by atoms with E-state index in [1.165, 1.54) is 0 Å². The lowest BCUT2D eigenvalue weighted by molar-refractivity contribution is 0.0938. The number of imidazole rings is 1. The number of hydrogen-bond donors (Lipinski definition) is 3. The Bertz CT molecular complexity index is 704. The molecule has 21 heavy (non-hydrogen) atoms. The summed E-state index contributed by atoms with van der Waals surface area (Å²) in [6.45, 7) is 1.87. The molecule has 0 saturated heterocycles. The summed E-state index contributed by atoms with van der Waals surface area (Å²) in [5, 5.41) is 16.5. The third-order valence-corrected chi connectivity index (χ3v) is 3.03. The molecule has 1 unspecified atom stereocenters. The minimum absolute atomic E-state index is 0.168. The average Bonchev–Trinajstić information content (AvgIpc) is 3.20. The Hall–Kier alpha value is -3.03. The smallest absolute Gasteiger partial charge is 0.251 e. The molecule has 3 rings (SSSR count). The topological polar surface area (TPSA) is 112 Å². The highest BCUT2D eigenvalue weighted by Gasteiger charge is 2.13. The van der Waals surface area contributed by atoms with Crippen molar-refractivity contribution in [1.82, 2.24) is 35.9 Å². The van der Waals surface area contributed by atoms with Crippen LogP contribution >= 0.6 is 0 Å². The molecule has 3 aromatic rings. The van der Waals surface area contributed by atoms with Crippen molar-refractivity contribution < 1.29 is 4.79 Å². The number of carbonyl (C=O) groups is 1. The fraction of sp³-hybridized carbons (Fsp3) is 0.154. The number of aromatic amines is 2. The van der Waals surface area contributed by atoms with Gasteiger partial charge in [0.15, 0.2) is 0 Å². The Morgan fingerprint density at radius 3 is 2.71 bits per heavy atom. The van der Waals surface area contributed by atoms with Gasteiger partial charge in [-0.25, -0.2) is 4.98 Å². The lowest BCUT2D eigenvalue weighted by atomic mass is 10.1. The SMILES string of the molecule is CC(NC(=O)c1ccc(-c2nn[nH]n2)cc1)c1ncc[nH]1. The number of nitrogens with one attached hydrogen (secondary N) is 3. The van der Waals surface area contributed by atoms with Gasteiger partial charge in [-0.2, -0.15) is 5.21 Å². The molecule has 0 bridgehead atoms. The molecule has 1 aromatic carbocycles. The number of H-pyrrole nitrogens is 2. The summed E-state index contributed by atoms with van der Waals surface area (Å²) in [4.78, 5) is 19.2. The van der Waals surface area contributed by atoms with Crippen LogP contribution in [0.4, 0.5) is 0 Å². The molecule has 106 valence electrons. The number of rotatable bonds is 4. The Kier molecular flexibility index (Phi) is 3.42. The number of benzene rings is 1. The molecule has 8 heteroatoms. The summed E-state index contributed by atoms with van der Waals surface area (Å²) in [6.07, 6.45) is 3.37. The van der Waals surface area contributed by atoms with E-state index in [-0.39, 0.29) is 11.9 Å². The Morgan fingerprint density at radius 1 is 1.29 bits per heavy atom. The molecule has 0 spiro atoms. The van der Waals surface area contributed by atoms with Crippen LogP contribution in [0.15, 0.2) is 36.7 Å². The van der Waals surface area contributed by atoms with E-state index >= 15 is 0 Å². The van der Waals surface area contributed by atoms with Gasteiger partial charge in [-0.05, 0) is 24.3 Å². The van der Waals surface area contributed by atoms with Crippen LogP contribution in [-0.2, 0) is 0 Å². The van der Waals surface area contributed by atoms with Crippen LogP contribution in [0, 0.1) is 0 Å². The molecule has 0 aliphatic heterocycles. The summed E-state index contributed by atoms with van der Waals surface area (Å²) in [5.41, 5.74) is 1.35. The second-order valence-corrected chi connectivity index (χ2v) is 4.48. The molecule has 1 atom stereocenters. The van der Waals surface area contributed by atoms with Gasteiger partial charge in [-0.1, -0.05) is 12.1 Å². The van der Waals surface area contributed by atoms with Gasteiger partial charge in [0.25, 0.3) is 5.91 Å². The van der Waals surface area contributed by atoms with Gasteiger partial charge in [0.05, 0.1) is 6.04 Å². The zero-order valence-corrected chi connectivity index (χ0v) is 11.2. The number of aromatic nitrogens is 6. The largest absolute Gasteiger partial charge is 0.347 e. The molecule has 3 N–H and O–H groups in total. The van der Waals surface area contributed by atoms with E-state index in [4.69, 9.17) is 0 Å². The van der Waals surface area contributed by atoms with E-state index in [0.29, 0.717) is 17.2 Å². The van der Waals surface area contributed by atoms with Crippen molar-refractivity contribution in [2.45, 2.75) is 13.0 Å². The van der Waals surface area contributed by atoms with Crippen molar-refractivity contribution >= 4 is 5.91 Å². The lowest BCUT2D eigenvalue weighted by Gasteiger charge is -2.11. The van der Waals surface area contributed by atoms with Crippen LogP contribution in [0.1, 0.15) is 29.1 Å². The predicted molar refractivity (Wildman–Crippen MR) is 74.1 cm³/mol. The van der Waals surface area contributed by atoms with Gasteiger partial charge in [0.2, 0.25) is 5.82 Å². The van der Waals surface area contributed by atoms with Crippen LogP contribution in [0.5, 0.6) is 0 Å². The van der Waals surface area contributed by atoms with Crippen LogP contribution in [0.2, 0.25) is 0 Å². The summed E-state index contributed by atoms with van der Waals surface area (Å²) in [6, 6.07) is 6.80. The maximum Gasteiger partial charge on any atom is 0.251 e. The maximum absolute atomic E-state index is 12.1. The zero-order chi connectivity index (χ0) is 14.7. The zero-order valence-electron chi connectivity index (χ0n) is 11.2. The first-order valence-electron chi connectivity index (χ1n) is 6.38. The molecule has 0 aliphatic carbocycles. The minimum Gasteiger partial charge on any atom is -0.347 e. The summed E-state index contributed by atoms with van der Waals surface area (Å²) in [7, 11) is 0. The number of tetrazole rings is 1. The van der Waals surface area contributed by atoms with Crippen LogP contribution < -0.4 is 5.32 Å².